The second-order valence-electron chi connectivity index (χ2n) is 17.1. The van der Waals surface area contributed by atoms with Crippen LogP contribution in [0.15, 0.2) is 159 Å². The highest BCUT2D eigenvalue weighted by Crippen LogP contribution is 2.51. The average Bonchev–Trinajstić information content (AvgIpc) is 3.48. The van der Waals surface area contributed by atoms with Crippen LogP contribution in [0.2, 0.25) is 0 Å². The molecule has 3 atom stereocenters. The highest BCUT2D eigenvalue weighted by Gasteiger charge is 2.43. The van der Waals surface area contributed by atoms with Crippen LogP contribution < -0.4 is 10.2 Å². The summed E-state index contributed by atoms with van der Waals surface area (Å²) < 4.78 is 0. The normalized spacial score (nSPS) is 24.3. The molecule has 0 amide bonds. The lowest BCUT2D eigenvalue weighted by molar-refractivity contribution is 0.506. The lowest BCUT2D eigenvalue weighted by Crippen LogP contribution is -2.43. The first kappa shape index (κ1) is 34.1. The first-order valence-corrected chi connectivity index (χ1v) is 19.1. The van der Waals surface area contributed by atoms with E-state index in [1.807, 2.05) is 0 Å². The van der Waals surface area contributed by atoms with Gasteiger partial charge in [-0.25, -0.2) is 9.98 Å². The van der Waals surface area contributed by atoms with Crippen LogP contribution >= 0.6 is 0 Å². The molecule has 0 fully saturated rings. The lowest BCUT2D eigenvalue weighted by Gasteiger charge is -2.37. The Labute approximate surface area is 310 Å². The van der Waals surface area contributed by atoms with Gasteiger partial charge in [0.2, 0.25) is 0 Å². The molecule has 2 aliphatic heterocycles. The molecule has 3 aromatic rings. The molecule has 8 rings (SSSR count). The molecule has 4 heteroatoms. The summed E-state index contributed by atoms with van der Waals surface area (Å²) >= 11 is 0. The van der Waals surface area contributed by atoms with Gasteiger partial charge >= 0.3 is 0 Å². The van der Waals surface area contributed by atoms with Gasteiger partial charge in [0.15, 0.2) is 5.66 Å². The number of nitrogens with zero attached hydrogens (tertiary/aromatic N) is 3. The summed E-state index contributed by atoms with van der Waals surface area (Å²) in [7, 11) is 0. The van der Waals surface area contributed by atoms with Crippen molar-refractivity contribution in [2.24, 2.45) is 15.4 Å². The maximum atomic E-state index is 5.56. The molecule has 0 bridgehead atoms. The highest BCUT2D eigenvalue weighted by molar-refractivity contribution is 6.17. The molecule has 3 aromatic carbocycles. The van der Waals surface area contributed by atoms with Crippen LogP contribution in [0.4, 0.5) is 5.69 Å². The van der Waals surface area contributed by atoms with Crippen molar-refractivity contribution < 1.29 is 0 Å². The van der Waals surface area contributed by atoms with E-state index in [0.717, 1.165) is 54.1 Å². The second-order valence-corrected chi connectivity index (χ2v) is 17.1. The minimum atomic E-state index is -0.800. The fraction of sp³-hybridized carbons (Fsp3) is 0.333. The van der Waals surface area contributed by atoms with Gasteiger partial charge in [0, 0.05) is 34.0 Å². The van der Waals surface area contributed by atoms with Crippen molar-refractivity contribution in [2.75, 3.05) is 4.90 Å². The molecular formula is C48H52N4. The smallest absolute Gasteiger partial charge is 0.177 e. The molecule has 5 aliphatic rings. The van der Waals surface area contributed by atoms with E-state index in [1.54, 1.807) is 0 Å². The Bertz CT molecular complexity index is 2140. The first-order valence-electron chi connectivity index (χ1n) is 19.1. The van der Waals surface area contributed by atoms with Crippen LogP contribution in [0.25, 0.3) is 0 Å². The molecule has 0 saturated carbocycles. The van der Waals surface area contributed by atoms with Gasteiger partial charge in [-0.1, -0.05) is 151 Å². The van der Waals surface area contributed by atoms with E-state index in [4.69, 9.17) is 9.98 Å². The SMILES string of the molecule is CC(C)(C)C1=CC2c3cc(C(C)(C)C)ccc3N(C3=C(C4=NC(C)(c5ccccc5)N=C(c5ccccc5)N4)C=C(C4=CC=CCC4)CC3)C2C=C1. The molecule has 1 N–H and O–H groups in total. The standard InChI is InChI=1S/C48H52N4/c1-46(2,3)36-24-27-41-38(30-36)39-31-37(47(4,5)6)25-28-42(39)52(41)43-26-23-34(32-17-11-8-12-18-32)29-40(43)45-49-44(33-19-13-9-14-20-33)50-48(7,51-45)35-21-15-10-16-22-35/h8-11,13-17,19-22,24-25,27-31,38,41H,12,18,23,26H2,1-7H3,(H,49,50,51). The van der Waals surface area contributed by atoms with Crippen molar-refractivity contribution >= 4 is 17.4 Å². The van der Waals surface area contributed by atoms with Gasteiger partial charge in [-0.05, 0) is 83.4 Å². The Balaban J connectivity index is 1.35. The number of nitrogens with one attached hydrogen (secondary N) is 1. The number of fused-ring (bicyclic) bond motifs is 3. The minimum Gasteiger partial charge on any atom is -0.336 e. The van der Waals surface area contributed by atoms with Crippen molar-refractivity contribution in [3.8, 4) is 0 Å². The maximum Gasteiger partial charge on any atom is 0.177 e. The zero-order chi connectivity index (χ0) is 36.3. The van der Waals surface area contributed by atoms with E-state index in [2.05, 4.69) is 180 Å². The number of rotatable bonds is 5. The van der Waals surface area contributed by atoms with Crippen LogP contribution in [0.5, 0.6) is 0 Å². The molecule has 52 heavy (non-hydrogen) atoms. The number of aliphatic imine (C=N–C) groups is 2. The van der Waals surface area contributed by atoms with Crippen LogP contribution in [0, 0.1) is 5.41 Å². The van der Waals surface area contributed by atoms with Gasteiger partial charge in [0.05, 0.1) is 6.04 Å². The molecule has 0 spiro atoms. The zero-order valence-electron chi connectivity index (χ0n) is 31.9. The van der Waals surface area contributed by atoms with Crippen molar-refractivity contribution in [3.63, 3.8) is 0 Å². The predicted octanol–water partition coefficient (Wildman–Crippen LogP) is 11.4. The summed E-state index contributed by atoms with van der Waals surface area (Å²) in [5.41, 5.74) is 12.3. The summed E-state index contributed by atoms with van der Waals surface area (Å²) in [6.07, 6.45) is 20.8. The van der Waals surface area contributed by atoms with Crippen molar-refractivity contribution in [1.82, 2.24) is 5.32 Å². The van der Waals surface area contributed by atoms with Crippen LogP contribution in [-0.4, -0.2) is 17.7 Å². The van der Waals surface area contributed by atoms with Gasteiger partial charge < -0.3 is 10.2 Å². The second kappa shape index (κ2) is 12.9. The maximum absolute atomic E-state index is 5.56. The van der Waals surface area contributed by atoms with E-state index in [0.29, 0.717) is 0 Å². The van der Waals surface area contributed by atoms with Crippen LogP contribution in [-0.2, 0) is 11.1 Å². The molecule has 3 unspecified atom stereocenters. The highest BCUT2D eigenvalue weighted by atomic mass is 15.2. The molecule has 0 saturated heterocycles. The van der Waals surface area contributed by atoms with E-state index in [9.17, 15) is 0 Å². The number of benzene rings is 3. The molecular weight excluding hydrogens is 633 g/mol. The molecule has 0 aromatic heterocycles. The summed E-state index contributed by atoms with van der Waals surface area (Å²) in [5, 5.41) is 3.80. The first-order chi connectivity index (χ1) is 24.9. The third-order valence-electron chi connectivity index (χ3n) is 11.4. The minimum absolute atomic E-state index is 0.0594. The van der Waals surface area contributed by atoms with Crippen molar-refractivity contribution in [2.45, 2.75) is 97.2 Å². The number of hydrogen-bond donors (Lipinski definition) is 1. The monoisotopic (exact) mass is 684 g/mol. The Morgan fingerprint density at radius 3 is 2.21 bits per heavy atom. The molecule has 3 aliphatic carbocycles. The number of amidine groups is 2. The summed E-state index contributed by atoms with van der Waals surface area (Å²) in [5.74, 6) is 1.98. The van der Waals surface area contributed by atoms with Crippen molar-refractivity contribution in [3.05, 3.63) is 172 Å². The fourth-order valence-corrected chi connectivity index (χ4v) is 8.35. The molecule has 264 valence electrons. The van der Waals surface area contributed by atoms with Crippen LogP contribution in [0.3, 0.4) is 0 Å². The van der Waals surface area contributed by atoms with E-state index in [1.165, 1.54) is 39.2 Å². The van der Waals surface area contributed by atoms with Gasteiger partial charge in [0.25, 0.3) is 0 Å². The Hall–Kier alpha value is -4.96. The summed E-state index contributed by atoms with van der Waals surface area (Å²) in [6.45, 7) is 16.1. The molecule has 0 radical (unpaired) electrons. The Morgan fingerprint density at radius 2 is 1.52 bits per heavy atom. The number of anilines is 1. The van der Waals surface area contributed by atoms with Gasteiger partial charge in [-0.2, -0.15) is 0 Å². The van der Waals surface area contributed by atoms with Gasteiger partial charge in [-0.3, -0.25) is 0 Å². The van der Waals surface area contributed by atoms with Gasteiger partial charge in [0.1, 0.15) is 11.7 Å². The van der Waals surface area contributed by atoms with E-state index < -0.39 is 5.66 Å². The molecule has 2 heterocycles. The Kier molecular flexibility index (Phi) is 8.48. The fourth-order valence-electron chi connectivity index (χ4n) is 8.35. The summed E-state index contributed by atoms with van der Waals surface area (Å²) in [6, 6.07) is 28.5. The quantitative estimate of drug-likeness (QED) is 0.291. The van der Waals surface area contributed by atoms with Crippen molar-refractivity contribution in [1.29, 1.82) is 0 Å². The van der Waals surface area contributed by atoms with Crippen LogP contribution in [0.1, 0.15) is 102 Å². The number of hydrogen-bond acceptors (Lipinski definition) is 4. The average molecular weight is 685 g/mol. The van der Waals surface area contributed by atoms with Gasteiger partial charge in [-0.15, -0.1) is 0 Å². The Morgan fingerprint density at radius 1 is 0.788 bits per heavy atom. The number of allylic oxidation sites excluding steroid dienone is 8. The third-order valence-corrected chi connectivity index (χ3v) is 11.4. The van der Waals surface area contributed by atoms with E-state index >= 15 is 0 Å². The molecule has 4 nitrogen and oxygen atoms in total. The topological polar surface area (TPSA) is 40.0 Å². The third kappa shape index (κ3) is 6.27. The summed E-state index contributed by atoms with van der Waals surface area (Å²) in [4.78, 5) is 13.5. The lowest BCUT2D eigenvalue weighted by atomic mass is 9.77. The predicted molar refractivity (Wildman–Crippen MR) is 219 cm³/mol. The zero-order valence-corrected chi connectivity index (χ0v) is 31.9. The van der Waals surface area contributed by atoms with E-state index in [-0.39, 0.29) is 22.8 Å². The largest absolute Gasteiger partial charge is 0.336 e.